The average Bonchev–Trinajstić information content (AvgIpc) is 2.34. The van der Waals surface area contributed by atoms with Crippen LogP contribution in [0.15, 0.2) is 46.5 Å². The largest absolute Gasteiger partial charge is 0.324 e. The van der Waals surface area contributed by atoms with Gasteiger partial charge in [-0.05, 0) is 30.7 Å². The van der Waals surface area contributed by atoms with Crippen LogP contribution in [0.4, 0.5) is 4.39 Å². The molecule has 0 spiro atoms. The standard InChI is InChI=1S/C13H12ClFN2S/c1-8(16)10-3-2-4-11(15)13(10)18-12-6-5-9(14)7-17-12/h2-8H,16H2,1H3/t8-/m1/s1. The van der Waals surface area contributed by atoms with Gasteiger partial charge in [0, 0.05) is 12.2 Å². The Labute approximate surface area is 114 Å². The topological polar surface area (TPSA) is 38.9 Å². The third-order valence-electron chi connectivity index (χ3n) is 2.39. The molecule has 18 heavy (non-hydrogen) atoms. The van der Waals surface area contributed by atoms with Gasteiger partial charge in [0.05, 0.1) is 9.92 Å². The number of rotatable bonds is 3. The fourth-order valence-corrected chi connectivity index (χ4v) is 2.62. The molecule has 0 fully saturated rings. The average molecular weight is 283 g/mol. The number of benzene rings is 1. The van der Waals surface area contributed by atoms with Crippen molar-refractivity contribution in [2.45, 2.75) is 22.9 Å². The third kappa shape index (κ3) is 3.02. The van der Waals surface area contributed by atoms with Gasteiger partial charge in [0.2, 0.25) is 0 Å². The Morgan fingerprint density at radius 3 is 2.72 bits per heavy atom. The maximum absolute atomic E-state index is 13.8. The minimum absolute atomic E-state index is 0.226. The van der Waals surface area contributed by atoms with Crippen molar-refractivity contribution >= 4 is 23.4 Å². The summed E-state index contributed by atoms with van der Waals surface area (Å²) in [5.74, 6) is -0.286. The summed E-state index contributed by atoms with van der Waals surface area (Å²) in [5, 5.41) is 1.24. The number of halogens is 2. The van der Waals surface area contributed by atoms with Crippen LogP contribution in [0, 0.1) is 5.82 Å². The number of hydrogen-bond acceptors (Lipinski definition) is 3. The molecule has 2 nitrogen and oxygen atoms in total. The van der Waals surface area contributed by atoms with Crippen LogP contribution in [0.1, 0.15) is 18.5 Å². The van der Waals surface area contributed by atoms with Gasteiger partial charge in [-0.2, -0.15) is 0 Å². The lowest BCUT2D eigenvalue weighted by molar-refractivity contribution is 0.591. The molecule has 1 aromatic carbocycles. The van der Waals surface area contributed by atoms with Crippen molar-refractivity contribution in [3.05, 3.63) is 52.9 Å². The van der Waals surface area contributed by atoms with Crippen LogP contribution in [0.5, 0.6) is 0 Å². The smallest absolute Gasteiger partial charge is 0.137 e. The lowest BCUT2D eigenvalue weighted by atomic mass is 10.1. The van der Waals surface area contributed by atoms with Crippen LogP contribution in [-0.2, 0) is 0 Å². The summed E-state index contributed by atoms with van der Waals surface area (Å²) in [6.45, 7) is 1.83. The van der Waals surface area contributed by atoms with Crippen molar-refractivity contribution in [3.63, 3.8) is 0 Å². The Bertz CT molecular complexity index is 543. The highest BCUT2D eigenvalue weighted by molar-refractivity contribution is 7.99. The van der Waals surface area contributed by atoms with Gasteiger partial charge in [-0.25, -0.2) is 9.37 Å². The van der Waals surface area contributed by atoms with Crippen LogP contribution < -0.4 is 5.73 Å². The van der Waals surface area contributed by atoms with Crippen molar-refractivity contribution < 1.29 is 4.39 Å². The maximum atomic E-state index is 13.8. The number of pyridine rings is 1. The second-order valence-corrected chi connectivity index (χ2v) is 5.33. The summed E-state index contributed by atoms with van der Waals surface area (Å²) in [4.78, 5) is 4.65. The summed E-state index contributed by atoms with van der Waals surface area (Å²) in [6, 6.07) is 8.16. The van der Waals surface area contributed by atoms with E-state index < -0.39 is 0 Å². The molecular weight excluding hydrogens is 271 g/mol. The van der Waals surface area contributed by atoms with E-state index in [1.54, 1.807) is 18.2 Å². The number of nitrogens with zero attached hydrogens (tertiary/aromatic N) is 1. The second kappa shape index (κ2) is 5.69. The molecule has 0 saturated heterocycles. The highest BCUT2D eigenvalue weighted by Crippen LogP contribution is 2.34. The van der Waals surface area contributed by atoms with E-state index in [-0.39, 0.29) is 11.9 Å². The molecule has 2 N–H and O–H groups in total. The third-order valence-corrected chi connectivity index (χ3v) is 3.70. The summed E-state index contributed by atoms with van der Waals surface area (Å²) in [6.07, 6.45) is 1.54. The first-order valence-corrected chi connectivity index (χ1v) is 6.61. The van der Waals surface area contributed by atoms with Gasteiger partial charge < -0.3 is 5.73 Å². The normalized spacial score (nSPS) is 12.4. The molecule has 1 atom stereocenters. The lowest BCUT2D eigenvalue weighted by Crippen LogP contribution is -2.07. The fourth-order valence-electron chi connectivity index (χ4n) is 1.52. The Morgan fingerprint density at radius 1 is 1.33 bits per heavy atom. The van der Waals surface area contributed by atoms with E-state index in [0.717, 1.165) is 5.56 Å². The first-order valence-electron chi connectivity index (χ1n) is 5.41. The van der Waals surface area contributed by atoms with E-state index in [0.29, 0.717) is 14.9 Å². The van der Waals surface area contributed by atoms with E-state index in [1.165, 1.54) is 24.0 Å². The lowest BCUT2D eigenvalue weighted by Gasteiger charge is -2.12. The van der Waals surface area contributed by atoms with E-state index in [4.69, 9.17) is 17.3 Å². The van der Waals surface area contributed by atoms with Crippen molar-refractivity contribution in [2.24, 2.45) is 5.73 Å². The predicted molar refractivity (Wildman–Crippen MR) is 72.4 cm³/mol. The van der Waals surface area contributed by atoms with E-state index in [1.807, 2.05) is 13.0 Å². The van der Waals surface area contributed by atoms with Crippen molar-refractivity contribution in [2.75, 3.05) is 0 Å². The molecule has 2 aromatic rings. The minimum atomic E-state index is -0.286. The molecule has 0 aliphatic rings. The molecule has 0 saturated carbocycles. The number of aromatic nitrogens is 1. The Morgan fingerprint density at radius 2 is 2.11 bits per heavy atom. The summed E-state index contributed by atoms with van der Waals surface area (Å²) < 4.78 is 13.8. The Kier molecular flexibility index (Phi) is 4.22. The van der Waals surface area contributed by atoms with Crippen molar-refractivity contribution in [1.29, 1.82) is 0 Å². The van der Waals surface area contributed by atoms with Crippen LogP contribution in [-0.4, -0.2) is 4.98 Å². The van der Waals surface area contributed by atoms with E-state index >= 15 is 0 Å². The second-order valence-electron chi connectivity index (χ2n) is 3.86. The zero-order valence-electron chi connectivity index (χ0n) is 9.73. The van der Waals surface area contributed by atoms with Crippen LogP contribution in [0.3, 0.4) is 0 Å². The van der Waals surface area contributed by atoms with Crippen LogP contribution in [0.25, 0.3) is 0 Å². The van der Waals surface area contributed by atoms with Crippen LogP contribution in [0.2, 0.25) is 5.02 Å². The monoisotopic (exact) mass is 282 g/mol. The molecule has 0 radical (unpaired) electrons. The van der Waals surface area contributed by atoms with Gasteiger partial charge in [0.1, 0.15) is 10.8 Å². The van der Waals surface area contributed by atoms with Gasteiger partial charge in [-0.15, -0.1) is 0 Å². The van der Waals surface area contributed by atoms with E-state index in [2.05, 4.69) is 4.98 Å². The molecule has 5 heteroatoms. The molecule has 1 heterocycles. The number of hydrogen-bond donors (Lipinski definition) is 1. The van der Waals surface area contributed by atoms with Gasteiger partial charge in [0.15, 0.2) is 0 Å². The molecule has 94 valence electrons. The van der Waals surface area contributed by atoms with Gasteiger partial charge in [0.25, 0.3) is 0 Å². The van der Waals surface area contributed by atoms with E-state index in [9.17, 15) is 4.39 Å². The fraction of sp³-hybridized carbons (Fsp3) is 0.154. The molecule has 0 bridgehead atoms. The highest BCUT2D eigenvalue weighted by Gasteiger charge is 2.13. The van der Waals surface area contributed by atoms with Gasteiger partial charge in [-0.1, -0.05) is 35.5 Å². The predicted octanol–water partition coefficient (Wildman–Crippen LogP) is 4.05. The molecule has 0 aliphatic heterocycles. The zero-order valence-corrected chi connectivity index (χ0v) is 11.3. The van der Waals surface area contributed by atoms with Crippen molar-refractivity contribution in [1.82, 2.24) is 4.98 Å². The quantitative estimate of drug-likeness (QED) is 0.923. The first-order chi connectivity index (χ1) is 8.58. The molecule has 0 amide bonds. The highest BCUT2D eigenvalue weighted by atomic mass is 35.5. The Hall–Kier alpha value is -1.10. The molecule has 0 aliphatic carbocycles. The van der Waals surface area contributed by atoms with Gasteiger partial charge in [-0.3, -0.25) is 0 Å². The van der Waals surface area contributed by atoms with Crippen LogP contribution >= 0.6 is 23.4 Å². The number of nitrogens with two attached hydrogens (primary N) is 1. The molecule has 0 unspecified atom stereocenters. The minimum Gasteiger partial charge on any atom is -0.324 e. The molecular formula is C13H12ClFN2S. The SMILES string of the molecule is C[C@@H](N)c1cccc(F)c1Sc1ccc(Cl)cn1. The zero-order chi connectivity index (χ0) is 13.1. The summed E-state index contributed by atoms with van der Waals surface area (Å²) >= 11 is 7.01. The van der Waals surface area contributed by atoms with Crippen molar-refractivity contribution in [3.8, 4) is 0 Å². The summed E-state index contributed by atoms with van der Waals surface area (Å²) in [5.41, 5.74) is 6.61. The summed E-state index contributed by atoms with van der Waals surface area (Å²) in [7, 11) is 0. The maximum Gasteiger partial charge on any atom is 0.137 e. The molecule has 1 aromatic heterocycles. The Balaban J connectivity index is 2.36. The molecule has 2 rings (SSSR count). The van der Waals surface area contributed by atoms with Gasteiger partial charge >= 0.3 is 0 Å². The first kappa shape index (κ1) is 13.3.